The molecule has 1 aromatic carbocycles. The summed E-state index contributed by atoms with van der Waals surface area (Å²) in [5.41, 5.74) is 4.69. The van der Waals surface area contributed by atoms with Gasteiger partial charge in [-0.1, -0.05) is 17.7 Å². The predicted molar refractivity (Wildman–Crippen MR) is 87.6 cm³/mol. The number of benzene rings is 1. The SMILES string of the molecule is Cc1ccc(Cl)c(-n2c(C(C)Cl)nc3c(C)ccnc32)c1. The summed E-state index contributed by atoms with van der Waals surface area (Å²) in [6.07, 6.45) is 1.78. The van der Waals surface area contributed by atoms with Crippen molar-refractivity contribution in [3.63, 3.8) is 0 Å². The van der Waals surface area contributed by atoms with Crippen molar-refractivity contribution in [2.45, 2.75) is 26.1 Å². The van der Waals surface area contributed by atoms with Crippen molar-refractivity contribution in [3.05, 3.63) is 52.4 Å². The van der Waals surface area contributed by atoms with E-state index in [0.717, 1.165) is 33.8 Å². The molecule has 0 bridgehead atoms. The molecule has 0 amide bonds. The smallest absolute Gasteiger partial charge is 0.165 e. The summed E-state index contributed by atoms with van der Waals surface area (Å²) < 4.78 is 1.95. The summed E-state index contributed by atoms with van der Waals surface area (Å²) >= 11 is 12.7. The molecule has 0 aliphatic rings. The highest BCUT2D eigenvalue weighted by Crippen LogP contribution is 2.31. The molecule has 0 aliphatic heterocycles. The van der Waals surface area contributed by atoms with Crippen LogP contribution in [0.2, 0.25) is 5.02 Å². The van der Waals surface area contributed by atoms with Gasteiger partial charge in [0.25, 0.3) is 0 Å². The number of fused-ring (bicyclic) bond motifs is 1. The first-order valence-corrected chi connectivity index (χ1v) is 7.55. The number of hydrogen-bond acceptors (Lipinski definition) is 2. The van der Waals surface area contributed by atoms with Gasteiger partial charge in [-0.25, -0.2) is 9.97 Å². The highest BCUT2D eigenvalue weighted by Gasteiger charge is 2.19. The minimum Gasteiger partial charge on any atom is -0.278 e. The Labute approximate surface area is 133 Å². The van der Waals surface area contributed by atoms with E-state index in [-0.39, 0.29) is 5.38 Å². The predicted octanol–water partition coefficient (Wildman–Crippen LogP) is 4.99. The fourth-order valence-electron chi connectivity index (χ4n) is 2.41. The van der Waals surface area contributed by atoms with Gasteiger partial charge in [0.05, 0.1) is 16.1 Å². The molecule has 1 atom stereocenters. The molecule has 0 aliphatic carbocycles. The Morgan fingerprint density at radius 3 is 2.67 bits per heavy atom. The maximum atomic E-state index is 6.39. The Kier molecular flexibility index (Phi) is 3.64. The number of halogens is 2. The van der Waals surface area contributed by atoms with Gasteiger partial charge < -0.3 is 0 Å². The molecular weight excluding hydrogens is 305 g/mol. The number of hydrogen-bond donors (Lipinski definition) is 0. The van der Waals surface area contributed by atoms with Gasteiger partial charge >= 0.3 is 0 Å². The van der Waals surface area contributed by atoms with Crippen molar-refractivity contribution in [2.24, 2.45) is 0 Å². The number of rotatable bonds is 2. The normalized spacial score (nSPS) is 12.8. The molecule has 0 saturated carbocycles. The number of nitrogens with zero attached hydrogens (tertiary/aromatic N) is 3. The van der Waals surface area contributed by atoms with Crippen molar-refractivity contribution in [1.82, 2.24) is 14.5 Å². The van der Waals surface area contributed by atoms with Crippen molar-refractivity contribution >= 4 is 34.4 Å². The first kappa shape index (κ1) is 14.4. The zero-order valence-corrected chi connectivity index (χ0v) is 13.6. The lowest BCUT2D eigenvalue weighted by molar-refractivity contribution is 0.876. The topological polar surface area (TPSA) is 30.7 Å². The van der Waals surface area contributed by atoms with Crippen LogP contribution in [0.4, 0.5) is 0 Å². The van der Waals surface area contributed by atoms with Crippen LogP contribution < -0.4 is 0 Å². The van der Waals surface area contributed by atoms with E-state index in [1.54, 1.807) is 6.20 Å². The molecule has 3 aromatic rings. The summed E-state index contributed by atoms with van der Waals surface area (Å²) in [7, 11) is 0. The molecule has 2 heterocycles. The highest BCUT2D eigenvalue weighted by molar-refractivity contribution is 6.32. The Bertz CT molecular complexity index is 822. The maximum Gasteiger partial charge on any atom is 0.165 e. The Balaban J connectivity index is 2.42. The molecule has 108 valence electrons. The standard InChI is InChI=1S/C16H15Cl2N3/c1-9-4-5-12(18)13(8-9)21-15(11(3)17)20-14-10(2)6-7-19-16(14)21/h4-8,11H,1-3H3. The second-order valence-corrected chi connectivity index (χ2v) is 6.24. The maximum absolute atomic E-state index is 6.39. The third kappa shape index (κ3) is 2.41. The van der Waals surface area contributed by atoms with E-state index in [1.807, 2.05) is 49.6 Å². The van der Waals surface area contributed by atoms with Gasteiger partial charge in [0.15, 0.2) is 5.65 Å². The van der Waals surface area contributed by atoms with E-state index in [1.165, 1.54) is 0 Å². The molecule has 2 aromatic heterocycles. The van der Waals surface area contributed by atoms with Crippen LogP contribution in [0.1, 0.15) is 29.3 Å². The molecular formula is C16H15Cl2N3. The van der Waals surface area contributed by atoms with E-state index in [9.17, 15) is 0 Å². The van der Waals surface area contributed by atoms with Gasteiger partial charge in [-0.3, -0.25) is 4.57 Å². The molecule has 3 rings (SSSR count). The number of alkyl halides is 1. The van der Waals surface area contributed by atoms with E-state index >= 15 is 0 Å². The lowest BCUT2D eigenvalue weighted by atomic mass is 10.2. The molecule has 5 heteroatoms. The Hall–Kier alpha value is -1.58. The average molecular weight is 320 g/mol. The lowest BCUT2D eigenvalue weighted by Gasteiger charge is -2.12. The van der Waals surface area contributed by atoms with Gasteiger partial charge in [-0.15, -0.1) is 11.6 Å². The van der Waals surface area contributed by atoms with Crippen LogP contribution in [0, 0.1) is 13.8 Å². The fourth-order valence-corrected chi connectivity index (χ4v) is 2.76. The van der Waals surface area contributed by atoms with Gasteiger partial charge in [-0.05, 0) is 50.1 Å². The summed E-state index contributed by atoms with van der Waals surface area (Å²) in [5, 5.41) is 0.414. The van der Waals surface area contributed by atoms with E-state index < -0.39 is 0 Å². The number of aromatic nitrogens is 3. The Morgan fingerprint density at radius 2 is 1.95 bits per heavy atom. The van der Waals surface area contributed by atoms with Crippen molar-refractivity contribution in [1.29, 1.82) is 0 Å². The average Bonchev–Trinajstić information content (AvgIpc) is 2.82. The van der Waals surface area contributed by atoms with Gasteiger partial charge in [0, 0.05) is 6.20 Å². The first-order chi connectivity index (χ1) is 9.99. The molecule has 0 radical (unpaired) electrons. The van der Waals surface area contributed by atoms with E-state index in [4.69, 9.17) is 23.2 Å². The number of aryl methyl sites for hydroxylation is 2. The van der Waals surface area contributed by atoms with Crippen LogP contribution >= 0.6 is 23.2 Å². The zero-order valence-electron chi connectivity index (χ0n) is 12.1. The second kappa shape index (κ2) is 5.32. The zero-order chi connectivity index (χ0) is 15.1. The van der Waals surface area contributed by atoms with Crippen LogP contribution in [-0.2, 0) is 0 Å². The molecule has 0 fully saturated rings. The summed E-state index contributed by atoms with van der Waals surface area (Å²) in [6, 6.07) is 7.83. The largest absolute Gasteiger partial charge is 0.278 e. The molecule has 0 N–H and O–H groups in total. The first-order valence-electron chi connectivity index (χ1n) is 6.73. The number of imidazole rings is 1. The second-order valence-electron chi connectivity index (χ2n) is 5.18. The van der Waals surface area contributed by atoms with Crippen LogP contribution in [0.25, 0.3) is 16.9 Å². The quantitative estimate of drug-likeness (QED) is 0.623. The van der Waals surface area contributed by atoms with E-state index in [0.29, 0.717) is 5.02 Å². The van der Waals surface area contributed by atoms with Crippen LogP contribution in [0.15, 0.2) is 30.5 Å². The minimum absolute atomic E-state index is 0.241. The third-order valence-electron chi connectivity index (χ3n) is 3.47. The molecule has 1 unspecified atom stereocenters. The van der Waals surface area contributed by atoms with Crippen molar-refractivity contribution in [3.8, 4) is 5.69 Å². The lowest BCUT2D eigenvalue weighted by Crippen LogP contribution is -2.03. The van der Waals surface area contributed by atoms with E-state index in [2.05, 4.69) is 9.97 Å². The molecule has 3 nitrogen and oxygen atoms in total. The van der Waals surface area contributed by atoms with Crippen molar-refractivity contribution in [2.75, 3.05) is 0 Å². The van der Waals surface area contributed by atoms with Gasteiger partial charge in [0.2, 0.25) is 0 Å². The summed E-state index contributed by atoms with van der Waals surface area (Å²) in [6.45, 7) is 5.95. The van der Waals surface area contributed by atoms with Crippen LogP contribution in [0.5, 0.6) is 0 Å². The molecule has 0 saturated heterocycles. The molecule has 0 spiro atoms. The third-order valence-corrected chi connectivity index (χ3v) is 3.99. The minimum atomic E-state index is -0.241. The number of pyridine rings is 1. The Morgan fingerprint density at radius 1 is 1.19 bits per heavy atom. The summed E-state index contributed by atoms with van der Waals surface area (Å²) in [4.78, 5) is 9.14. The van der Waals surface area contributed by atoms with Crippen molar-refractivity contribution < 1.29 is 0 Å². The van der Waals surface area contributed by atoms with Gasteiger partial charge in [0.1, 0.15) is 11.3 Å². The summed E-state index contributed by atoms with van der Waals surface area (Å²) in [5.74, 6) is 0.751. The monoisotopic (exact) mass is 319 g/mol. The van der Waals surface area contributed by atoms with Crippen LogP contribution in [-0.4, -0.2) is 14.5 Å². The van der Waals surface area contributed by atoms with Crippen LogP contribution in [0.3, 0.4) is 0 Å². The fraction of sp³-hybridized carbons (Fsp3) is 0.250. The molecule has 21 heavy (non-hydrogen) atoms. The highest BCUT2D eigenvalue weighted by atomic mass is 35.5. The van der Waals surface area contributed by atoms with Gasteiger partial charge in [-0.2, -0.15) is 0 Å².